The number of nitrogens with one attached hydrogen (secondary N) is 1. The number of hydrogen-bond acceptors (Lipinski definition) is 4. The van der Waals surface area contributed by atoms with Crippen molar-refractivity contribution in [1.29, 1.82) is 0 Å². The number of fused-ring (bicyclic) bond motifs is 3. The van der Waals surface area contributed by atoms with E-state index in [4.69, 9.17) is 4.74 Å². The first-order valence-corrected chi connectivity index (χ1v) is 11.8. The number of H-pyrrole nitrogens is 1. The minimum absolute atomic E-state index is 0.117. The molecule has 4 heterocycles. The molecule has 0 saturated heterocycles. The summed E-state index contributed by atoms with van der Waals surface area (Å²) in [6.45, 7) is 4.43. The van der Waals surface area contributed by atoms with E-state index in [-0.39, 0.29) is 6.04 Å². The molecule has 1 atom stereocenters. The highest BCUT2D eigenvalue weighted by Crippen LogP contribution is 2.39. The van der Waals surface area contributed by atoms with Gasteiger partial charge in [0.2, 0.25) is 5.95 Å². The molecule has 1 aliphatic heterocycles. The van der Waals surface area contributed by atoms with Crippen molar-refractivity contribution in [3.63, 3.8) is 0 Å². The highest BCUT2D eigenvalue weighted by molar-refractivity contribution is 5.85. The fourth-order valence-electron chi connectivity index (χ4n) is 5.12. The Bertz CT molecular complexity index is 1400. The SMILES string of the molecule is CCOc1ccc([C@H]2c3[nH]c4ccccc4c3CCN2Cc2cccn2-c2ncccn2)cc1. The van der Waals surface area contributed by atoms with Crippen LogP contribution in [0.25, 0.3) is 16.9 Å². The maximum atomic E-state index is 5.70. The van der Waals surface area contributed by atoms with Gasteiger partial charge in [-0.15, -0.1) is 0 Å². The summed E-state index contributed by atoms with van der Waals surface area (Å²) in [5, 5.41) is 1.33. The molecule has 0 spiro atoms. The fourth-order valence-corrected chi connectivity index (χ4v) is 5.12. The van der Waals surface area contributed by atoms with Crippen LogP contribution in [0.1, 0.15) is 35.5 Å². The number of para-hydroxylation sites is 1. The average Bonchev–Trinajstić information content (AvgIpc) is 3.50. The molecular formula is C28H27N5O. The lowest BCUT2D eigenvalue weighted by atomic mass is 9.92. The first-order valence-electron chi connectivity index (χ1n) is 11.8. The van der Waals surface area contributed by atoms with E-state index in [0.29, 0.717) is 12.6 Å². The van der Waals surface area contributed by atoms with Crippen molar-refractivity contribution in [3.8, 4) is 11.7 Å². The van der Waals surface area contributed by atoms with Gasteiger partial charge in [-0.25, -0.2) is 9.97 Å². The Balaban J connectivity index is 1.41. The third-order valence-electron chi connectivity index (χ3n) is 6.61. The molecule has 0 radical (unpaired) electrons. The maximum absolute atomic E-state index is 5.70. The van der Waals surface area contributed by atoms with E-state index in [1.807, 2.05) is 19.2 Å². The number of ether oxygens (including phenoxy) is 1. The summed E-state index contributed by atoms with van der Waals surface area (Å²) in [6.07, 6.45) is 6.61. The molecule has 2 aromatic carbocycles. The van der Waals surface area contributed by atoms with Crippen LogP contribution in [0.4, 0.5) is 0 Å². The molecule has 0 saturated carbocycles. The minimum atomic E-state index is 0.117. The number of aromatic nitrogens is 4. The van der Waals surface area contributed by atoms with Gasteiger partial charge in [-0.2, -0.15) is 0 Å². The van der Waals surface area contributed by atoms with E-state index >= 15 is 0 Å². The van der Waals surface area contributed by atoms with Crippen molar-refractivity contribution in [2.24, 2.45) is 0 Å². The largest absolute Gasteiger partial charge is 0.494 e. The molecule has 0 unspecified atom stereocenters. The minimum Gasteiger partial charge on any atom is -0.494 e. The number of benzene rings is 2. The van der Waals surface area contributed by atoms with Gasteiger partial charge in [0.1, 0.15) is 5.75 Å². The lowest BCUT2D eigenvalue weighted by Crippen LogP contribution is -2.36. The first-order chi connectivity index (χ1) is 16.8. The van der Waals surface area contributed by atoms with Gasteiger partial charge >= 0.3 is 0 Å². The van der Waals surface area contributed by atoms with Crippen molar-refractivity contribution in [2.45, 2.75) is 25.9 Å². The Hall–Kier alpha value is -3.90. The molecule has 6 heteroatoms. The molecule has 5 aromatic rings. The van der Waals surface area contributed by atoms with Crippen LogP contribution in [0.2, 0.25) is 0 Å². The molecule has 34 heavy (non-hydrogen) atoms. The zero-order valence-corrected chi connectivity index (χ0v) is 19.2. The predicted molar refractivity (Wildman–Crippen MR) is 133 cm³/mol. The van der Waals surface area contributed by atoms with Gasteiger partial charge in [-0.1, -0.05) is 30.3 Å². The molecule has 1 N–H and O–H groups in total. The van der Waals surface area contributed by atoms with Crippen LogP contribution < -0.4 is 4.74 Å². The van der Waals surface area contributed by atoms with Crippen LogP contribution in [0.3, 0.4) is 0 Å². The second-order valence-corrected chi connectivity index (χ2v) is 8.61. The Morgan fingerprint density at radius 3 is 2.62 bits per heavy atom. The normalized spacial score (nSPS) is 16.0. The Morgan fingerprint density at radius 2 is 1.79 bits per heavy atom. The van der Waals surface area contributed by atoms with Gasteiger partial charge in [0, 0.05) is 54.0 Å². The summed E-state index contributed by atoms with van der Waals surface area (Å²) in [5.74, 6) is 1.60. The topological polar surface area (TPSA) is 59.0 Å². The van der Waals surface area contributed by atoms with Crippen molar-refractivity contribution in [3.05, 3.63) is 108 Å². The summed E-state index contributed by atoms with van der Waals surface area (Å²) in [7, 11) is 0. The van der Waals surface area contributed by atoms with Crippen molar-refractivity contribution in [2.75, 3.05) is 13.2 Å². The lowest BCUT2D eigenvalue weighted by molar-refractivity contribution is 0.198. The van der Waals surface area contributed by atoms with Gasteiger partial charge in [-0.05, 0) is 60.9 Å². The molecule has 170 valence electrons. The molecule has 3 aromatic heterocycles. The number of rotatable bonds is 6. The van der Waals surface area contributed by atoms with Crippen LogP contribution in [0.15, 0.2) is 85.3 Å². The standard InChI is InChI=1S/C28H27N5O/c1-2-34-22-12-10-20(11-13-22)27-26-24(23-8-3-4-9-25(23)31-26)14-18-32(27)19-21-7-5-17-33(21)28-29-15-6-16-30-28/h3-13,15-17,27,31H,2,14,18-19H2,1H3/t27-/m0/s1. The molecule has 1 aliphatic rings. The highest BCUT2D eigenvalue weighted by Gasteiger charge is 2.32. The third-order valence-corrected chi connectivity index (χ3v) is 6.61. The smallest absolute Gasteiger partial charge is 0.233 e. The number of hydrogen-bond donors (Lipinski definition) is 1. The van der Waals surface area contributed by atoms with E-state index in [9.17, 15) is 0 Å². The summed E-state index contributed by atoms with van der Waals surface area (Å²) in [5.41, 5.74) is 6.33. The van der Waals surface area contributed by atoms with E-state index in [0.717, 1.165) is 25.3 Å². The quantitative estimate of drug-likeness (QED) is 0.382. The molecule has 0 amide bonds. The fraction of sp³-hybridized carbons (Fsp3) is 0.214. The van der Waals surface area contributed by atoms with Gasteiger partial charge < -0.3 is 9.72 Å². The van der Waals surface area contributed by atoms with Crippen LogP contribution in [-0.2, 0) is 13.0 Å². The Labute approximate surface area is 198 Å². The van der Waals surface area contributed by atoms with E-state index in [1.54, 1.807) is 12.4 Å². The zero-order chi connectivity index (χ0) is 22.9. The van der Waals surface area contributed by atoms with Gasteiger partial charge in [-0.3, -0.25) is 9.47 Å². The molecule has 0 bridgehead atoms. The summed E-state index contributed by atoms with van der Waals surface area (Å²) in [6, 6.07) is 23.4. The van der Waals surface area contributed by atoms with E-state index in [1.165, 1.54) is 33.4 Å². The van der Waals surface area contributed by atoms with E-state index < -0.39 is 0 Å². The number of aromatic amines is 1. The summed E-state index contributed by atoms with van der Waals surface area (Å²) in [4.78, 5) is 15.2. The second kappa shape index (κ2) is 8.80. The predicted octanol–water partition coefficient (Wildman–Crippen LogP) is 5.30. The Kier molecular flexibility index (Phi) is 5.35. The zero-order valence-electron chi connectivity index (χ0n) is 19.2. The van der Waals surface area contributed by atoms with Gasteiger partial charge in [0.05, 0.1) is 12.6 Å². The van der Waals surface area contributed by atoms with Crippen LogP contribution in [-0.4, -0.2) is 37.6 Å². The maximum Gasteiger partial charge on any atom is 0.233 e. The third kappa shape index (κ3) is 3.66. The second-order valence-electron chi connectivity index (χ2n) is 8.61. The number of nitrogens with zero attached hydrogens (tertiary/aromatic N) is 4. The van der Waals surface area contributed by atoms with Gasteiger partial charge in [0.25, 0.3) is 0 Å². The van der Waals surface area contributed by atoms with Crippen LogP contribution in [0.5, 0.6) is 5.75 Å². The van der Waals surface area contributed by atoms with Crippen LogP contribution in [0, 0.1) is 0 Å². The summed E-state index contributed by atoms with van der Waals surface area (Å²) >= 11 is 0. The molecule has 0 aliphatic carbocycles. The van der Waals surface area contributed by atoms with Crippen molar-refractivity contribution in [1.82, 2.24) is 24.4 Å². The molecule has 6 rings (SSSR count). The van der Waals surface area contributed by atoms with E-state index in [2.05, 4.69) is 85.1 Å². The Morgan fingerprint density at radius 1 is 0.971 bits per heavy atom. The lowest BCUT2D eigenvalue weighted by Gasteiger charge is -2.36. The van der Waals surface area contributed by atoms with Crippen LogP contribution >= 0.6 is 0 Å². The highest BCUT2D eigenvalue weighted by atomic mass is 16.5. The summed E-state index contributed by atoms with van der Waals surface area (Å²) < 4.78 is 7.78. The molecule has 6 nitrogen and oxygen atoms in total. The molecule has 0 fully saturated rings. The monoisotopic (exact) mass is 449 g/mol. The van der Waals surface area contributed by atoms with Crippen molar-refractivity contribution >= 4 is 10.9 Å². The molecular weight excluding hydrogens is 422 g/mol. The van der Waals surface area contributed by atoms with Gasteiger partial charge in [0.15, 0.2) is 0 Å². The average molecular weight is 450 g/mol. The first kappa shape index (κ1) is 20.7. The van der Waals surface area contributed by atoms with Crippen molar-refractivity contribution < 1.29 is 4.74 Å².